The van der Waals surface area contributed by atoms with E-state index in [0.717, 1.165) is 23.3 Å². The Hall–Kier alpha value is -2.43. The fourth-order valence-corrected chi connectivity index (χ4v) is 2.33. The number of hydrogen-bond donors (Lipinski definition) is 0. The van der Waals surface area contributed by atoms with Crippen molar-refractivity contribution in [3.8, 4) is 5.75 Å². The molecular weight excluding hydrogens is 276 g/mol. The van der Waals surface area contributed by atoms with E-state index >= 15 is 0 Å². The highest BCUT2D eigenvalue weighted by atomic mass is 19.1. The number of carbonyl (C=O) groups excluding carboxylic acids is 1. The molecule has 0 saturated heterocycles. The van der Waals surface area contributed by atoms with Crippen LogP contribution in [0, 0.1) is 11.6 Å². The SMILES string of the molecule is O=C(COc1ccc(F)cc1F)N1Cc2ccccc2C1. The van der Waals surface area contributed by atoms with Crippen molar-refractivity contribution < 1.29 is 18.3 Å². The largest absolute Gasteiger partial charge is 0.481 e. The fourth-order valence-electron chi connectivity index (χ4n) is 2.33. The van der Waals surface area contributed by atoms with Crippen molar-refractivity contribution in [3.63, 3.8) is 0 Å². The highest BCUT2D eigenvalue weighted by Gasteiger charge is 2.23. The highest BCUT2D eigenvalue weighted by molar-refractivity contribution is 5.78. The summed E-state index contributed by atoms with van der Waals surface area (Å²) in [7, 11) is 0. The second-order valence-corrected chi connectivity index (χ2v) is 4.88. The molecule has 0 unspecified atom stereocenters. The molecule has 0 aromatic heterocycles. The minimum Gasteiger partial charge on any atom is -0.481 e. The normalized spacial score (nSPS) is 13.1. The molecular formula is C16H13F2NO2. The summed E-state index contributed by atoms with van der Waals surface area (Å²) in [4.78, 5) is 13.7. The Morgan fingerprint density at radius 3 is 2.38 bits per heavy atom. The van der Waals surface area contributed by atoms with Crippen LogP contribution in [-0.4, -0.2) is 17.4 Å². The Morgan fingerprint density at radius 2 is 1.76 bits per heavy atom. The van der Waals surface area contributed by atoms with Gasteiger partial charge in [-0.25, -0.2) is 8.78 Å². The van der Waals surface area contributed by atoms with Gasteiger partial charge < -0.3 is 9.64 Å². The average Bonchev–Trinajstić information content (AvgIpc) is 2.90. The predicted octanol–water partition coefficient (Wildman–Crippen LogP) is 2.89. The summed E-state index contributed by atoms with van der Waals surface area (Å²) < 4.78 is 31.3. The van der Waals surface area contributed by atoms with Crippen molar-refractivity contribution in [2.75, 3.05) is 6.61 Å². The Labute approximate surface area is 120 Å². The molecule has 0 atom stereocenters. The molecule has 108 valence electrons. The number of hydrogen-bond acceptors (Lipinski definition) is 2. The highest BCUT2D eigenvalue weighted by Crippen LogP contribution is 2.23. The summed E-state index contributed by atoms with van der Waals surface area (Å²) in [6.45, 7) is 0.797. The predicted molar refractivity (Wildman–Crippen MR) is 72.5 cm³/mol. The van der Waals surface area contributed by atoms with Crippen LogP contribution in [0.1, 0.15) is 11.1 Å². The first-order valence-corrected chi connectivity index (χ1v) is 6.56. The van der Waals surface area contributed by atoms with Crippen LogP contribution in [0.25, 0.3) is 0 Å². The molecule has 0 fully saturated rings. The topological polar surface area (TPSA) is 29.5 Å². The lowest BCUT2D eigenvalue weighted by Gasteiger charge is -2.16. The van der Waals surface area contributed by atoms with E-state index in [4.69, 9.17) is 4.74 Å². The summed E-state index contributed by atoms with van der Waals surface area (Å²) in [6.07, 6.45) is 0. The van der Waals surface area contributed by atoms with E-state index < -0.39 is 11.6 Å². The molecule has 0 radical (unpaired) electrons. The summed E-state index contributed by atoms with van der Waals surface area (Å²) in [6, 6.07) is 10.8. The van der Waals surface area contributed by atoms with Crippen LogP contribution in [0.15, 0.2) is 42.5 Å². The molecule has 0 N–H and O–H groups in total. The second kappa shape index (κ2) is 5.52. The Kier molecular flexibility index (Phi) is 3.56. The second-order valence-electron chi connectivity index (χ2n) is 4.88. The quantitative estimate of drug-likeness (QED) is 0.869. The Balaban J connectivity index is 1.61. The van der Waals surface area contributed by atoms with Crippen LogP contribution in [0.5, 0.6) is 5.75 Å². The first kappa shape index (κ1) is 13.5. The van der Waals surface area contributed by atoms with Crippen LogP contribution < -0.4 is 4.74 Å². The van der Waals surface area contributed by atoms with Gasteiger partial charge in [-0.05, 0) is 23.3 Å². The zero-order valence-electron chi connectivity index (χ0n) is 11.2. The third kappa shape index (κ3) is 2.86. The van der Waals surface area contributed by atoms with Gasteiger partial charge in [-0.3, -0.25) is 4.79 Å². The molecule has 0 aliphatic carbocycles. The first-order chi connectivity index (χ1) is 10.1. The lowest BCUT2D eigenvalue weighted by atomic mass is 10.1. The maximum atomic E-state index is 13.4. The van der Waals surface area contributed by atoms with E-state index in [0.29, 0.717) is 13.1 Å². The lowest BCUT2D eigenvalue weighted by Crippen LogP contribution is -2.30. The number of halogens is 2. The van der Waals surface area contributed by atoms with Gasteiger partial charge in [-0.15, -0.1) is 0 Å². The zero-order valence-corrected chi connectivity index (χ0v) is 11.2. The van der Waals surface area contributed by atoms with Crippen molar-refractivity contribution in [2.24, 2.45) is 0 Å². The number of amides is 1. The zero-order chi connectivity index (χ0) is 14.8. The van der Waals surface area contributed by atoms with E-state index in [1.165, 1.54) is 6.07 Å². The summed E-state index contributed by atoms with van der Waals surface area (Å²) in [5.74, 6) is -1.84. The van der Waals surface area contributed by atoms with Gasteiger partial charge >= 0.3 is 0 Å². The maximum Gasteiger partial charge on any atom is 0.261 e. The number of rotatable bonds is 3. The lowest BCUT2D eigenvalue weighted by molar-refractivity contribution is -0.134. The molecule has 1 aliphatic heterocycles. The van der Waals surface area contributed by atoms with Gasteiger partial charge in [-0.2, -0.15) is 0 Å². The number of carbonyl (C=O) groups is 1. The molecule has 1 heterocycles. The van der Waals surface area contributed by atoms with Crippen molar-refractivity contribution >= 4 is 5.91 Å². The van der Waals surface area contributed by atoms with Crippen molar-refractivity contribution in [3.05, 3.63) is 65.2 Å². The van der Waals surface area contributed by atoms with E-state index in [1.54, 1.807) is 4.90 Å². The van der Waals surface area contributed by atoms with Crippen molar-refractivity contribution in [2.45, 2.75) is 13.1 Å². The molecule has 3 rings (SSSR count). The van der Waals surface area contributed by atoms with Crippen LogP contribution in [0.2, 0.25) is 0 Å². The molecule has 0 saturated carbocycles. The van der Waals surface area contributed by atoms with Gasteiger partial charge in [0.15, 0.2) is 18.2 Å². The molecule has 2 aromatic rings. The Morgan fingerprint density at radius 1 is 1.10 bits per heavy atom. The molecule has 1 amide bonds. The number of benzene rings is 2. The van der Waals surface area contributed by atoms with Gasteiger partial charge in [0, 0.05) is 19.2 Å². The summed E-state index contributed by atoms with van der Waals surface area (Å²) >= 11 is 0. The van der Waals surface area contributed by atoms with E-state index in [9.17, 15) is 13.6 Å². The molecule has 0 bridgehead atoms. The summed E-state index contributed by atoms with van der Waals surface area (Å²) in [5, 5.41) is 0. The minimum atomic E-state index is -0.812. The molecule has 5 heteroatoms. The minimum absolute atomic E-state index is 0.124. The number of ether oxygens (including phenoxy) is 1. The number of fused-ring (bicyclic) bond motifs is 1. The average molecular weight is 289 g/mol. The molecule has 3 nitrogen and oxygen atoms in total. The molecule has 0 spiro atoms. The smallest absolute Gasteiger partial charge is 0.261 e. The monoisotopic (exact) mass is 289 g/mol. The third-order valence-corrected chi connectivity index (χ3v) is 3.44. The first-order valence-electron chi connectivity index (χ1n) is 6.56. The Bertz CT molecular complexity index is 663. The molecule has 1 aliphatic rings. The van der Waals surface area contributed by atoms with Gasteiger partial charge in [-0.1, -0.05) is 24.3 Å². The van der Waals surface area contributed by atoms with Gasteiger partial charge in [0.2, 0.25) is 0 Å². The maximum absolute atomic E-state index is 13.4. The van der Waals surface area contributed by atoms with Gasteiger partial charge in [0.05, 0.1) is 0 Å². The van der Waals surface area contributed by atoms with Crippen molar-refractivity contribution in [1.82, 2.24) is 4.90 Å². The standard InChI is InChI=1S/C16H13F2NO2/c17-13-5-6-15(14(18)7-13)21-10-16(20)19-8-11-3-1-2-4-12(11)9-19/h1-7H,8-10H2. The van der Waals surface area contributed by atoms with Gasteiger partial charge in [0.1, 0.15) is 5.82 Å². The van der Waals surface area contributed by atoms with E-state index in [1.807, 2.05) is 24.3 Å². The van der Waals surface area contributed by atoms with Gasteiger partial charge in [0.25, 0.3) is 5.91 Å². The molecule has 21 heavy (non-hydrogen) atoms. The van der Waals surface area contributed by atoms with E-state index in [-0.39, 0.29) is 18.3 Å². The van der Waals surface area contributed by atoms with Crippen LogP contribution >= 0.6 is 0 Å². The van der Waals surface area contributed by atoms with E-state index in [2.05, 4.69) is 0 Å². The number of nitrogens with zero attached hydrogens (tertiary/aromatic N) is 1. The third-order valence-electron chi connectivity index (χ3n) is 3.44. The van der Waals surface area contributed by atoms with Crippen LogP contribution in [0.4, 0.5) is 8.78 Å². The van der Waals surface area contributed by atoms with Crippen molar-refractivity contribution in [1.29, 1.82) is 0 Å². The van der Waals surface area contributed by atoms with Crippen LogP contribution in [-0.2, 0) is 17.9 Å². The summed E-state index contributed by atoms with van der Waals surface area (Å²) in [5.41, 5.74) is 2.22. The van der Waals surface area contributed by atoms with Crippen LogP contribution in [0.3, 0.4) is 0 Å². The molecule has 2 aromatic carbocycles. The fraction of sp³-hybridized carbons (Fsp3) is 0.188.